The van der Waals surface area contributed by atoms with Crippen molar-refractivity contribution in [2.75, 3.05) is 0 Å². The Hall–Kier alpha value is -0.790. The lowest BCUT2D eigenvalue weighted by Gasteiger charge is -2.06. The summed E-state index contributed by atoms with van der Waals surface area (Å²) in [5.74, 6) is 0.272. The summed E-state index contributed by atoms with van der Waals surface area (Å²) in [6, 6.07) is 0. The molecule has 0 atom stereocenters. The van der Waals surface area contributed by atoms with Crippen LogP contribution in [0.4, 0.5) is 0 Å². The Bertz CT molecular complexity index is 136. The largest absolute Gasteiger partial charge is 0.432 e. The Kier molecular flexibility index (Phi) is 3.77. The highest BCUT2D eigenvalue weighted by atomic mass is 16.5. The van der Waals surface area contributed by atoms with E-state index < -0.39 is 0 Å². The molecule has 0 fully saturated rings. The fourth-order valence-electron chi connectivity index (χ4n) is 0.332. The normalized spacial score (nSPS) is 9.60. The van der Waals surface area contributed by atoms with E-state index in [1.54, 1.807) is 13.8 Å². The predicted octanol–water partition coefficient (Wildman–Crippen LogP) is 2.11. The van der Waals surface area contributed by atoms with Gasteiger partial charge in [0.2, 0.25) is 0 Å². The molecule has 58 valence electrons. The van der Waals surface area contributed by atoms with Gasteiger partial charge in [-0.15, -0.1) is 0 Å². The number of allylic oxidation sites excluding steroid dienone is 1. The maximum Gasteiger partial charge on any atom is 0.313 e. The lowest BCUT2D eigenvalue weighted by molar-refractivity contribution is -0.143. The van der Waals surface area contributed by atoms with Crippen LogP contribution in [0.15, 0.2) is 12.3 Å². The van der Waals surface area contributed by atoms with Gasteiger partial charge in [0.15, 0.2) is 0 Å². The van der Waals surface area contributed by atoms with Crippen molar-refractivity contribution in [3.8, 4) is 0 Å². The third kappa shape index (κ3) is 3.28. The van der Waals surface area contributed by atoms with Crippen LogP contribution in [0.3, 0.4) is 0 Å². The van der Waals surface area contributed by atoms with E-state index in [4.69, 9.17) is 4.74 Å². The first-order valence-electron chi connectivity index (χ1n) is 3.47. The minimum atomic E-state index is -0.202. The third-order valence-electron chi connectivity index (χ3n) is 1.11. The SMILES string of the molecule is C=C(CC)OC(=O)C(C)C. The molecule has 0 spiro atoms. The molecule has 0 rings (SSSR count). The van der Waals surface area contributed by atoms with Crippen molar-refractivity contribution >= 4 is 5.97 Å². The molecule has 0 amide bonds. The van der Waals surface area contributed by atoms with Gasteiger partial charge in [0, 0.05) is 6.42 Å². The summed E-state index contributed by atoms with van der Waals surface area (Å²) in [6.45, 7) is 9.05. The van der Waals surface area contributed by atoms with E-state index in [0.29, 0.717) is 12.2 Å². The number of carbonyl (C=O) groups excluding carboxylic acids is 1. The van der Waals surface area contributed by atoms with Crippen molar-refractivity contribution in [3.05, 3.63) is 12.3 Å². The second kappa shape index (κ2) is 4.09. The molecule has 2 heteroatoms. The van der Waals surface area contributed by atoms with Crippen molar-refractivity contribution in [2.45, 2.75) is 27.2 Å². The quantitative estimate of drug-likeness (QED) is 0.445. The van der Waals surface area contributed by atoms with Crippen LogP contribution in [0.5, 0.6) is 0 Å². The molecule has 0 N–H and O–H groups in total. The summed E-state index contributed by atoms with van der Waals surface area (Å²) in [6.07, 6.45) is 0.693. The minimum absolute atomic E-state index is 0.0664. The molecule has 0 bridgehead atoms. The van der Waals surface area contributed by atoms with Gasteiger partial charge in [-0.2, -0.15) is 0 Å². The number of esters is 1. The van der Waals surface area contributed by atoms with E-state index >= 15 is 0 Å². The first-order valence-corrected chi connectivity index (χ1v) is 3.47. The molecule has 0 aliphatic rings. The maximum absolute atomic E-state index is 10.8. The number of carbonyl (C=O) groups is 1. The molecule has 0 aromatic rings. The summed E-state index contributed by atoms with van der Waals surface area (Å²) < 4.78 is 4.83. The zero-order valence-corrected chi connectivity index (χ0v) is 6.81. The minimum Gasteiger partial charge on any atom is -0.432 e. The van der Waals surface area contributed by atoms with Crippen LogP contribution in [0.1, 0.15) is 27.2 Å². The lowest BCUT2D eigenvalue weighted by atomic mass is 10.2. The Morgan fingerprint density at radius 2 is 2.10 bits per heavy atom. The van der Waals surface area contributed by atoms with Crippen LogP contribution in [0, 0.1) is 5.92 Å². The van der Waals surface area contributed by atoms with Gasteiger partial charge in [-0.05, 0) is 0 Å². The van der Waals surface area contributed by atoms with Gasteiger partial charge in [-0.1, -0.05) is 27.4 Å². The van der Waals surface area contributed by atoms with Crippen molar-refractivity contribution in [1.82, 2.24) is 0 Å². The fourth-order valence-corrected chi connectivity index (χ4v) is 0.332. The smallest absolute Gasteiger partial charge is 0.313 e. The molecular formula is C8H14O2. The molecule has 0 saturated heterocycles. The highest BCUT2D eigenvalue weighted by Gasteiger charge is 2.08. The van der Waals surface area contributed by atoms with Crippen molar-refractivity contribution in [3.63, 3.8) is 0 Å². The fraction of sp³-hybridized carbons (Fsp3) is 0.625. The van der Waals surface area contributed by atoms with Crippen molar-refractivity contribution in [1.29, 1.82) is 0 Å². The Balaban J connectivity index is 3.69. The molecule has 0 aromatic heterocycles. The number of hydrogen-bond acceptors (Lipinski definition) is 2. The van der Waals surface area contributed by atoms with Crippen LogP contribution < -0.4 is 0 Å². The summed E-state index contributed by atoms with van der Waals surface area (Å²) in [7, 11) is 0. The van der Waals surface area contributed by atoms with Gasteiger partial charge < -0.3 is 4.74 Å². The number of hydrogen-bond donors (Lipinski definition) is 0. The Labute approximate surface area is 61.9 Å². The summed E-state index contributed by atoms with van der Waals surface area (Å²) >= 11 is 0. The Morgan fingerprint density at radius 1 is 1.60 bits per heavy atom. The molecule has 10 heavy (non-hydrogen) atoms. The van der Waals surface area contributed by atoms with E-state index in [1.807, 2.05) is 6.92 Å². The van der Waals surface area contributed by atoms with E-state index in [1.165, 1.54) is 0 Å². The second-order valence-corrected chi connectivity index (χ2v) is 2.47. The molecule has 0 saturated carbocycles. The molecular weight excluding hydrogens is 128 g/mol. The van der Waals surface area contributed by atoms with E-state index in [0.717, 1.165) is 0 Å². The monoisotopic (exact) mass is 142 g/mol. The van der Waals surface area contributed by atoms with Gasteiger partial charge in [-0.3, -0.25) is 4.79 Å². The van der Waals surface area contributed by atoms with Crippen molar-refractivity contribution in [2.24, 2.45) is 5.92 Å². The topological polar surface area (TPSA) is 26.3 Å². The van der Waals surface area contributed by atoms with Crippen LogP contribution in [-0.2, 0) is 9.53 Å². The summed E-state index contributed by atoms with van der Waals surface area (Å²) in [5, 5.41) is 0. The predicted molar refractivity (Wildman–Crippen MR) is 40.4 cm³/mol. The molecule has 0 heterocycles. The van der Waals surface area contributed by atoms with Crippen LogP contribution in [0.2, 0.25) is 0 Å². The Morgan fingerprint density at radius 3 is 2.40 bits per heavy atom. The van der Waals surface area contributed by atoms with Gasteiger partial charge in [0.05, 0.1) is 5.92 Å². The first-order chi connectivity index (χ1) is 4.57. The van der Waals surface area contributed by atoms with Crippen LogP contribution >= 0.6 is 0 Å². The highest BCUT2D eigenvalue weighted by Crippen LogP contribution is 2.04. The first kappa shape index (κ1) is 9.21. The van der Waals surface area contributed by atoms with Crippen LogP contribution in [-0.4, -0.2) is 5.97 Å². The standard InChI is InChI=1S/C8H14O2/c1-5-7(4)10-8(9)6(2)3/h6H,4-5H2,1-3H3. The summed E-state index contributed by atoms with van der Waals surface area (Å²) in [5.41, 5.74) is 0. The van der Waals surface area contributed by atoms with Gasteiger partial charge in [-0.25, -0.2) is 0 Å². The van der Waals surface area contributed by atoms with Gasteiger partial charge >= 0.3 is 5.97 Å². The average molecular weight is 142 g/mol. The second-order valence-electron chi connectivity index (χ2n) is 2.47. The van der Waals surface area contributed by atoms with Gasteiger partial charge in [0.25, 0.3) is 0 Å². The molecule has 0 aliphatic carbocycles. The number of ether oxygens (including phenoxy) is 1. The molecule has 0 aliphatic heterocycles. The third-order valence-corrected chi connectivity index (χ3v) is 1.11. The molecule has 0 unspecified atom stereocenters. The average Bonchev–Trinajstić information content (AvgIpc) is 1.87. The van der Waals surface area contributed by atoms with E-state index in [-0.39, 0.29) is 11.9 Å². The summed E-state index contributed by atoms with van der Waals surface area (Å²) in [4.78, 5) is 10.8. The zero-order chi connectivity index (χ0) is 8.15. The van der Waals surface area contributed by atoms with E-state index in [9.17, 15) is 4.79 Å². The lowest BCUT2D eigenvalue weighted by Crippen LogP contribution is -2.10. The van der Waals surface area contributed by atoms with Crippen LogP contribution in [0.25, 0.3) is 0 Å². The zero-order valence-electron chi connectivity index (χ0n) is 6.81. The maximum atomic E-state index is 10.8. The van der Waals surface area contributed by atoms with E-state index in [2.05, 4.69) is 6.58 Å². The molecule has 0 aromatic carbocycles. The van der Waals surface area contributed by atoms with Gasteiger partial charge in [0.1, 0.15) is 5.76 Å². The molecule has 0 radical (unpaired) electrons. The highest BCUT2D eigenvalue weighted by molar-refractivity contribution is 5.72. The van der Waals surface area contributed by atoms with Crippen molar-refractivity contribution < 1.29 is 9.53 Å². The molecule has 2 nitrogen and oxygen atoms in total. The number of rotatable bonds is 3.